The number of anilines is 1. The molecular formula is C25H33N3O3. The fraction of sp³-hybridized carbons (Fsp3) is 0.400. The van der Waals surface area contributed by atoms with Crippen molar-refractivity contribution in [3.05, 3.63) is 64.7 Å². The minimum Gasteiger partial charge on any atom is -0.352 e. The molecule has 0 aromatic heterocycles. The Morgan fingerprint density at radius 2 is 1.61 bits per heavy atom. The fourth-order valence-corrected chi connectivity index (χ4v) is 3.06. The molecule has 6 heteroatoms. The number of likely N-dealkylation sites (N-methyl/N-ethyl adjacent to an activating group) is 1. The van der Waals surface area contributed by atoms with Crippen LogP contribution in [0.1, 0.15) is 54.2 Å². The van der Waals surface area contributed by atoms with Crippen molar-refractivity contribution in [3.8, 4) is 0 Å². The van der Waals surface area contributed by atoms with Crippen LogP contribution in [0, 0.1) is 13.8 Å². The van der Waals surface area contributed by atoms with Crippen molar-refractivity contribution in [2.24, 2.45) is 0 Å². The van der Waals surface area contributed by atoms with E-state index in [-0.39, 0.29) is 42.6 Å². The quantitative estimate of drug-likeness (QED) is 0.711. The van der Waals surface area contributed by atoms with Crippen LogP contribution in [0.2, 0.25) is 0 Å². The molecule has 0 saturated carbocycles. The molecular weight excluding hydrogens is 390 g/mol. The van der Waals surface area contributed by atoms with E-state index in [9.17, 15) is 14.4 Å². The first-order valence-corrected chi connectivity index (χ1v) is 10.5. The monoisotopic (exact) mass is 423 g/mol. The molecule has 0 radical (unpaired) electrons. The summed E-state index contributed by atoms with van der Waals surface area (Å²) in [6, 6.07) is 13.3. The molecule has 0 atom stereocenters. The summed E-state index contributed by atoms with van der Waals surface area (Å²) in [6.07, 6.45) is 0.124. The van der Waals surface area contributed by atoms with Crippen molar-refractivity contribution >= 4 is 23.4 Å². The van der Waals surface area contributed by atoms with Crippen LogP contribution in [-0.4, -0.2) is 42.8 Å². The van der Waals surface area contributed by atoms with Crippen molar-refractivity contribution < 1.29 is 14.4 Å². The fourth-order valence-electron chi connectivity index (χ4n) is 3.06. The zero-order chi connectivity index (χ0) is 23.2. The third-order valence-electron chi connectivity index (χ3n) is 5.11. The van der Waals surface area contributed by atoms with Crippen LogP contribution in [0.3, 0.4) is 0 Å². The summed E-state index contributed by atoms with van der Waals surface area (Å²) in [5, 5.41) is 5.61. The van der Waals surface area contributed by atoms with E-state index in [1.807, 2.05) is 44.2 Å². The standard InChI is InChI=1S/C25H33N3O3/c1-17-7-8-18(2)21(15-17)27-22(29)16-28(6)23(30)13-14-26-24(31)19-9-11-20(12-10-19)25(3,4)5/h7-12,15H,13-14,16H2,1-6H3,(H,26,31)(H,27,29). The van der Waals surface area contributed by atoms with Crippen molar-refractivity contribution in [1.82, 2.24) is 10.2 Å². The first-order chi connectivity index (χ1) is 14.5. The molecule has 2 N–H and O–H groups in total. The second-order valence-electron chi connectivity index (χ2n) is 8.95. The largest absolute Gasteiger partial charge is 0.352 e. The molecule has 0 aliphatic carbocycles. The van der Waals surface area contributed by atoms with E-state index >= 15 is 0 Å². The van der Waals surface area contributed by atoms with Gasteiger partial charge in [-0.05, 0) is 54.2 Å². The Morgan fingerprint density at radius 3 is 2.23 bits per heavy atom. The van der Waals surface area contributed by atoms with Crippen LogP contribution in [-0.2, 0) is 15.0 Å². The van der Waals surface area contributed by atoms with Crippen molar-refractivity contribution in [2.75, 3.05) is 25.5 Å². The van der Waals surface area contributed by atoms with Gasteiger partial charge in [-0.1, -0.05) is 45.0 Å². The highest BCUT2D eigenvalue weighted by atomic mass is 16.2. The Balaban J connectivity index is 1.79. The number of hydrogen-bond acceptors (Lipinski definition) is 3. The van der Waals surface area contributed by atoms with Gasteiger partial charge >= 0.3 is 0 Å². The molecule has 6 nitrogen and oxygen atoms in total. The number of nitrogens with zero attached hydrogens (tertiary/aromatic N) is 1. The maximum Gasteiger partial charge on any atom is 0.251 e. The van der Waals surface area contributed by atoms with Gasteiger partial charge in [-0.2, -0.15) is 0 Å². The average molecular weight is 424 g/mol. The van der Waals surface area contributed by atoms with E-state index < -0.39 is 0 Å². The highest BCUT2D eigenvalue weighted by Crippen LogP contribution is 2.22. The minimum atomic E-state index is -0.257. The first kappa shape index (κ1) is 24.1. The van der Waals surface area contributed by atoms with Gasteiger partial charge < -0.3 is 15.5 Å². The van der Waals surface area contributed by atoms with E-state index in [1.165, 1.54) is 4.90 Å². The van der Waals surface area contributed by atoms with Crippen LogP contribution in [0.4, 0.5) is 5.69 Å². The minimum absolute atomic E-state index is 0.0241. The smallest absolute Gasteiger partial charge is 0.251 e. The topological polar surface area (TPSA) is 78.5 Å². The number of aryl methyl sites for hydroxylation is 2. The molecule has 0 aliphatic heterocycles. The molecule has 3 amide bonds. The average Bonchev–Trinajstić information content (AvgIpc) is 2.69. The van der Waals surface area contributed by atoms with E-state index in [4.69, 9.17) is 0 Å². The summed E-state index contributed by atoms with van der Waals surface area (Å²) in [5.41, 5.74) is 4.49. The number of amides is 3. The Labute approximate surface area is 185 Å². The van der Waals surface area contributed by atoms with Gasteiger partial charge in [0.05, 0.1) is 6.54 Å². The molecule has 0 saturated heterocycles. The lowest BCUT2D eigenvalue weighted by molar-refractivity contribution is -0.133. The summed E-state index contributed by atoms with van der Waals surface area (Å²) >= 11 is 0. The van der Waals surface area contributed by atoms with E-state index in [1.54, 1.807) is 19.2 Å². The lowest BCUT2D eigenvalue weighted by atomic mass is 9.87. The molecule has 0 heterocycles. The highest BCUT2D eigenvalue weighted by Gasteiger charge is 2.16. The second-order valence-corrected chi connectivity index (χ2v) is 8.95. The van der Waals surface area contributed by atoms with Gasteiger partial charge in [0.2, 0.25) is 11.8 Å². The molecule has 2 aromatic carbocycles. The van der Waals surface area contributed by atoms with Crippen LogP contribution in [0.25, 0.3) is 0 Å². The van der Waals surface area contributed by atoms with Gasteiger partial charge in [-0.25, -0.2) is 0 Å². The van der Waals surface area contributed by atoms with Gasteiger partial charge in [0.15, 0.2) is 0 Å². The number of carbonyl (C=O) groups is 3. The van der Waals surface area contributed by atoms with E-state index in [0.29, 0.717) is 5.56 Å². The van der Waals surface area contributed by atoms with Crippen molar-refractivity contribution in [3.63, 3.8) is 0 Å². The van der Waals surface area contributed by atoms with Crippen LogP contribution in [0.15, 0.2) is 42.5 Å². The Hall–Kier alpha value is -3.15. The predicted molar refractivity (Wildman–Crippen MR) is 124 cm³/mol. The van der Waals surface area contributed by atoms with Gasteiger partial charge in [0.25, 0.3) is 5.91 Å². The Bertz CT molecular complexity index is 943. The number of hydrogen-bond donors (Lipinski definition) is 2. The van der Waals surface area contributed by atoms with Gasteiger partial charge in [0.1, 0.15) is 0 Å². The third kappa shape index (κ3) is 7.24. The van der Waals surface area contributed by atoms with Crippen molar-refractivity contribution in [1.29, 1.82) is 0 Å². The summed E-state index contributed by atoms with van der Waals surface area (Å²) in [5.74, 6) is -0.685. The third-order valence-corrected chi connectivity index (χ3v) is 5.11. The van der Waals surface area contributed by atoms with Crippen LogP contribution >= 0.6 is 0 Å². The molecule has 0 aliphatic rings. The maximum atomic E-state index is 12.3. The lowest BCUT2D eigenvalue weighted by Gasteiger charge is -2.19. The maximum absolute atomic E-state index is 12.3. The molecule has 166 valence electrons. The summed E-state index contributed by atoms with van der Waals surface area (Å²) in [6.45, 7) is 10.4. The molecule has 0 unspecified atom stereocenters. The molecule has 0 spiro atoms. The SMILES string of the molecule is Cc1ccc(C)c(NC(=O)CN(C)C(=O)CCNC(=O)c2ccc(C(C)(C)C)cc2)c1. The van der Waals surface area contributed by atoms with E-state index in [2.05, 4.69) is 31.4 Å². The predicted octanol–water partition coefficient (Wildman–Crippen LogP) is 3.82. The second kappa shape index (κ2) is 10.2. The zero-order valence-electron chi connectivity index (χ0n) is 19.3. The highest BCUT2D eigenvalue weighted by molar-refractivity contribution is 5.96. The summed E-state index contributed by atoms with van der Waals surface area (Å²) < 4.78 is 0. The molecule has 0 bridgehead atoms. The number of carbonyl (C=O) groups excluding carboxylic acids is 3. The number of rotatable bonds is 7. The summed E-state index contributed by atoms with van der Waals surface area (Å²) in [7, 11) is 1.58. The van der Waals surface area contributed by atoms with Crippen molar-refractivity contribution in [2.45, 2.75) is 46.5 Å². The van der Waals surface area contributed by atoms with Gasteiger partial charge in [-0.15, -0.1) is 0 Å². The van der Waals surface area contributed by atoms with Crippen LogP contribution in [0.5, 0.6) is 0 Å². The first-order valence-electron chi connectivity index (χ1n) is 10.5. The van der Waals surface area contributed by atoms with Gasteiger partial charge in [0, 0.05) is 31.3 Å². The number of nitrogens with one attached hydrogen (secondary N) is 2. The molecule has 2 aromatic rings. The Kier molecular flexibility index (Phi) is 7.97. The normalized spacial score (nSPS) is 11.0. The summed E-state index contributed by atoms with van der Waals surface area (Å²) in [4.78, 5) is 38.3. The molecule has 0 fully saturated rings. The molecule has 31 heavy (non-hydrogen) atoms. The lowest BCUT2D eigenvalue weighted by Crippen LogP contribution is -2.37. The van der Waals surface area contributed by atoms with Gasteiger partial charge in [-0.3, -0.25) is 14.4 Å². The van der Waals surface area contributed by atoms with Crippen LogP contribution < -0.4 is 10.6 Å². The Morgan fingerprint density at radius 1 is 0.968 bits per heavy atom. The van der Waals surface area contributed by atoms with E-state index in [0.717, 1.165) is 22.4 Å². The molecule has 2 rings (SSSR count). The number of benzene rings is 2. The zero-order valence-corrected chi connectivity index (χ0v) is 19.3.